The highest BCUT2D eigenvalue weighted by Gasteiger charge is 2.21. The lowest BCUT2D eigenvalue weighted by atomic mass is 10.0. The van der Waals surface area contributed by atoms with Crippen molar-refractivity contribution in [3.05, 3.63) is 71.0 Å². The predicted octanol–water partition coefficient (Wildman–Crippen LogP) is 4.87. The molecule has 0 saturated carbocycles. The molecule has 0 amide bonds. The fourth-order valence-corrected chi connectivity index (χ4v) is 3.37. The van der Waals surface area contributed by atoms with Gasteiger partial charge in [0, 0.05) is 28.0 Å². The van der Waals surface area contributed by atoms with Crippen molar-refractivity contribution < 1.29 is 8.81 Å². The molecule has 0 radical (unpaired) electrons. The van der Waals surface area contributed by atoms with Gasteiger partial charge in [-0.2, -0.15) is 0 Å². The van der Waals surface area contributed by atoms with Crippen LogP contribution in [-0.4, -0.2) is 9.97 Å². The molecule has 6 heteroatoms. The van der Waals surface area contributed by atoms with Crippen LogP contribution in [-0.2, 0) is 0 Å². The van der Waals surface area contributed by atoms with Crippen LogP contribution in [0.25, 0.3) is 10.9 Å². The van der Waals surface area contributed by atoms with Gasteiger partial charge in [-0.1, -0.05) is 0 Å². The highest BCUT2D eigenvalue weighted by molar-refractivity contribution is 7.13. The van der Waals surface area contributed by atoms with E-state index in [1.54, 1.807) is 12.3 Å². The zero-order chi connectivity index (χ0) is 15.8. The van der Waals surface area contributed by atoms with E-state index in [9.17, 15) is 4.39 Å². The first-order chi connectivity index (χ1) is 11.2. The number of H-pyrrole nitrogens is 1. The van der Waals surface area contributed by atoms with Crippen LogP contribution in [0.3, 0.4) is 0 Å². The Hall–Kier alpha value is -2.60. The van der Waals surface area contributed by atoms with E-state index in [0.717, 1.165) is 33.1 Å². The van der Waals surface area contributed by atoms with Gasteiger partial charge < -0.3 is 14.7 Å². The summed E-state index contributed by atoms with van der Waals surface area (Å²) in [5.74, 6) is 0.490. The number of aromatic amines is 1. The molecule has 4 aromatic rings. The summed E-state index contributed by atoms with van der Waals surface area (Å²) in [6, 6.07) is 8.21. The number of aryl methyl sites for hydroxylation is 1. The van der Waals surface area contributed by atoms with E-state index in [0.29, 0.717) is 0 Å². The first-order valence-electron chi connectivity index (χ1n) is 7.19. The van der Waals surface area contributed by atoms with Gasteiger partial charge in [-0.25, -0.2) is 9.37 Å². The molecular formula is C17H14FN3OS. The fourth-order valence-electron chi connectivity index (χ4n) is 2.65. The summed E-state index contributed by atoms with van der Waals surface area (Å²) in [4.78, 5) is 7.63. The normalized spacial score (nSPS) is 12.6. The van der Waals surface area contributed by atoms with Gasteiger partial charge in [0.25, 0.3) is 0 Å². The van der Waals surface area contributed by atoms with Gasteiger partial charge in [0.1, 0.15) is 17.6 Å². The van der Waals surface area contributed by atoms with E-state index in [2.05, 4.69) is 15.3 Å². The number of furan rings is 1. The van der Waals surface area contributed by atoms with Crippen LogP contribution in [0.1, 0.15) is 23.1 Å². The minimum Gasteiger partial charge on any atom is -0.467 e. The van der Waals surface area contributed by atoms with Gasteiger partial charge in [0.15, 0.2) is 5.13 Å². The maximum absolute atomic E-state index is 13.7. The van der Waals surface area contributed by atoms with E-state index in [-0.39, 0.29) is 11.9 Å². The van der Waals surface area contributed by atoms with Crippen LogP contribution in [0.2, 0.25) is 0 Å². The Balaban J connectivity index is 1.82. The Bertz CT molecular complexity index is 942. The fraction of sp³-hybridized carbons (Fsp3) is 0.118. The molecule has 2 N–H and O–H groups in total. The number of nitrogens with zero attached hydrogens (tertiary/aromatic N) is 1. The number of fused-ring (bicyclic) bond motifs is 1. The molecule has 3 heterocycles. The topological polar surface area (TPSA) is 53.9 Å². The number of benzene rings is 1. The molecule has 4 rings (SSSR count). The Morgan fingerprint density at radius 2 is 2.26 bits per heavy atom. The molecule has 4 nitrogen and oxygen atoms in total. The second-order valence-electron chi connectivity index (χ2n) is 5.32. The summed E-state index contributed by atoms with van der Waals surface area (Å²) in [6.45, 7) is 1.95. The van der Waals surface area contributed by atoms with Crippen molar-refractivity contribution in [2.24, 2.45) is 0 Å². The highest BCUT2D eigenvalue weighted by Crippen LogP contribution is 2.33. The Morgan fingerprint density at radius 3 is 3.00 bits per heavy atom. The van der Waals surface area contributed by atoms with Crippen molar-refractivity contribution in [3.8, 4) is 0 Å². The van der Waals surface area contributed by atoms with Gasteiger partial charge >= 0.3 is 0 Å². The molecule has 0 aliphatic rings. The quantitative estimate of drug-likeness (QED) is 0.562. The molecule has 0 spiro atoms. The molecule has 1 unspecified atom stereocenters. The van der Waals surface area contributed by atoms with Crippen molar-refractivity contribution in [2.45, 2.75) is 13.0 Å². The first kappa shape index (κ1) is 14.0. The lowest BCUT2D eigenvalue weighted by molar-refractivity contribution is 0.499. The van der Waals surface area contributed by atoms with Crippen molar-refractivity contribution in [3.63, 3.8) is 0 Å². The van der Waals surface area contributed by atoms with Crippen molar-refractivity contribution >= 4 is 27.4 Å². The van der Waals surface area contributed by atoms with Crippen molar-refractivity contribution in [2.75, 3.05) is 5.32 Å². The predicted molar refractivity (Wildman–Crippen MR) is 89.3 cm³/mol. The molecule has 0 aliphatic carbocycles. The molecule has 23 heavy (non-hydrogen) atoms. The maximum atomic E-state index is 13.7. The van der Waals surface area contributed by atoms with E-state index < -0.39 is 0 Å². The third-order valence-electron chi connectivity index (χ3n) is 3.70. The lowest BCUT2D eigenvalue weighted by Crippen LogP contribution is -2.11. The van der Waals surface area contributed by atoms with Crippen LogP contribution >= 0.6 is 11.3 Å². The standard InChI is InChI=1S/C17H14FN3OS/c1-10-9-23-17(20-10)21-16(15-3-2-6-22-15)13-8-19-14-5-4-11(18)7-12(13)14/h2-9,16,19H,1H3,(H,20,21). The summed E-state index contributed by atoms with van der Waals surface area (Å²) in [6.07, 6.45) is 3.51. The number of hydrogen-bond donors (Lipinski definition) is 2. The van der Waals surface area contributed by atoms with E-state index in [1.165, 1.54) is 23.5 Å². The molecule has 1 aromatic carbocycles. The number of rotatable bonds is 4. The molecule has 3 aromatic heterocycles. The largest absolute Gasteiger partial charge is 0.467 e. The average molecular weight is 327 g/mol. The van der Waals surface area contributed by atoms with Crippen LogP contribution in [0.4, 0.5) is 9.52 Å². The number of halogens is 1. The summed E-state index contributed by atoms with van der Waals surface area (Å²) in [7, 11) is 0. The molecular weight excluding hydrogens is 313 g/mol. The minimum absolute atomic E-state index is 0.244. The second-order valence-corrected chi connectivity index (χ2v) is 6.18. The molecule has 0 fully saturated rings. The van der Waals surface area contributed by atoms with Crippen LogP contribution in [0.5, 0.6) is 0 Å². The number of thiazole rings is 1. The van der Waals surface area contributed by atoms with Gasteiger partial charge in [0.2, 0.25) is 0 Å². The smallest absolute Gasteiger partial charge is 0.183 e. The monoisotopic (exact) mass is 327 g/mol. The first-order valence-corrected chi connectivity index (χ1v) is 8.07. The van der Waals surface area contributed by atoms with Gasteiger partial charge in [-0.3, -0.25) is 0 Å². The van der Waals surface area contributed by atoms with E-state index in [4.69, 9.17) is 4.42 Å². The molecule has 0 bridgehead atoms. The third-order valence-corrected chi connectivity index (χ3v) is 4.59. The summed E-state index contributed by atoms with van der Waals surface area (Å²) in [5, 5.41) is 7.00. The molecule has 116 valence electrons. The van der Waals surface area contributed by atoms with Crippen molar-refractivity contribution in [1.82, 2.24) is 9.97 Å². The molecule has 0 aliphatic heterocycles. The zero-order valence-electron chi connectivity index (χ0n) is 12.3. The number of aromatic nitrogens is 2. The molecule has 0 saturated heterocycles. The third kappa shape index (κ3) is 2.61. The Morgan fingerprint density at radius 1 is 1.35 bits per heavy atom. The molecule has 1 atom stereocenters. The summed E-state index contributed by atoms with van der Waals surface area (Å²) >= 11 is 1.53. The lowest BCUT2D eigenvalue weighted by Gasteiger charge is -2.15. The van der Waals surface area contributed by atoms with Crippen molar-refractivity contribution in [1.29, 1.82) is 0 Å². The van der Waals surface area contributed by atoms with Gasteiger partial charge in [-0.05, 0) is 37.3 Å². The summed E-state index contributed by atoms with van der Waals surface area (Å²) in [5.41, 5.74) is 2.76. The van der Waals surface area contributed by atoms with E-state index >= 15 is 0 Å². The highest BCUT2D eigenvalue weighted by atomic mass is 32.1. The maximum Gasteiger partial charge on any atom is 0.183 e. The Labute approximate surface area is 136 Å². The summed E-state index contributed by atoms with van der Waals surface area (Å²) < 4.78 is 19.2. The SMILES string of the molecule is Cc1csc(NC(c2ccco2)c2c[nH]c3ccc(F)cc23)n1. The Kier molecular flexibility index (Phi) is 3.38. The van der Waals surface area contributed by atoms with E-state index in [1.807, 2.05) is 30.6 Å². The average Bonchev–Trinajstić information content (AvgIpc) is 3.25. The van der Waals surface area contributed by atoms with Crippen LogP contribution < -0.4 is 5.32 Å². The van der Waals surface area contributed by atoms with Gasteiger partial charge in [0.05, 0.1) is 12.0 Å². The minimum atomic E-state index is -0.262. The zero-order valence-corrected chi connectivity index (χ0v) is 13.2. The van der Waals surface area contributed by atoms with Crippen LogP contribution in [0, 0.1) is 12.7 Å². The number of anilines is 1. The number of hydrogen-bond acceptors (Lipinski definition) is 4. The van der Waals surface area contributed by atoms with Crippen LogP contribution in [0.15, 0.2) is 52.6 Å². The van der Waals surface area contributed by atoms with Gasteiger partial charge in [-0.15, -0.1) is 11.3 Å². The second kappa shape index (κ2) is 5.55. The number of nitrogens with one attached hydrogen (secondary N) is 2.